The van der Waals surface area contributed by atoms with E-state index in [9.17, 15) is 22.0 Å². The zero-order valence-electron chi connectivity index (χ0n) is 13.9. The van der Waals surface area contributed by atoms with Crippen molar-refractivity contribution in [3.63, 3.8) is 0 Å². The van der Waals surface area contributed by atoms with Crippen LogP contribution in [0.4, 0.5) is 22.0 Å². The molecule has 0 bridgehead atoms. The van der Waals surface area contributed by atoms with Crippen LogP contribution >= 0.6 is 0 Å². The number of hydrogen-bond donors (Lipinski definition) is 0. The molecule has 0 spiro atoms. The summed E-state index contributed by atoms with van der Waals surface area (Å²) < 4.78 is 73.4. The average Bonchev–Trinajstić information content (AvgIpc) is 2.47. The van der Waals surface area contributed by atoms with Crippen LogP contribution in [0.3, 0.4) is 0 Å². The molecule has 0 radical (unpaired) electrons. The highest BCUT2D eigenvalue weighted by atomic mass is 28.4. The van der Waals surface area contributed by atoms with Crippen LogP contribution in [0.5, 0.6) is 0 Å². The predicted octanol–water partition coefficient (Wildman–Crippen LogP) is 5.17. The van der Waals surface area contributed by atoms with E-state index in [0.29, 0.717) is 6.42 Å². The van der Waals surface area contributed by atoms with Crippen LogP contribution < -0.4 is 5.19 Å². The molecule has 0 aliphatic rings. The maximum absolute atomic E-state index is 13.9. The number of unbranched alkanes of at least 4 members (excludes halogenated alkanes) is 3. The fourth-order valence-corrected chi connectivity index (χ4v) is 5.13. The van der Waals surface area contributed by atoms with Gasteiger partial charge < -0.3 is 4.43 Å². The first-order valence-corrected chi connectivity index (χ1v) is 10.7. The van der Waals surface area contributed by atoms with E-state index in [2.05, 4.69) is 6.92 Å². The molecule has 0 aliphatic carbocycles. The first-order valence-electron chi connectivity index (χ1n) is 7.83. The van der Waals surface area contributed by atoms with Crippen molar-refractivity contribution in [1.29, 1.82) is 0 Å². The molecule has 1 atom stereocenters. The Balaban J connectivity index is 2.96. The highest BCUT2D eigenvalue weighted by molar-refractivity contribution is 6.84. The zero-order valence-corrected chi connectivity index (χ0v) is 14.9. The third-order valence-electron chi connectivity index (χ3n) is 3.77. The first-order chi connectivity index (χ1) is 10.6. The van der Waals surface area contributed by atoms with E-state index >= 15 is 0 Å². The maximum atomic E-state index is 13.9. The molecule has 0 saturated carbocycles. The Kier molecular flexibility index (Phi) is 7.19. The third-order valence-corrected chi connectivity index (χ3v) is 6.41. The van der Waals surface area contributed by atoms with Gasteiger partial charge in [-0.15, -0.1) is 0 Å². The minimum absolute atomic E-state index is 0.302. The van der Waals surface area contributed by atoms with Gasteiger partial charge in [-0.05, 0) is 26.4 Å². The van der Waals surface area contributed by atoms with Gasteiger partial charge in [0.1, 0.15) is 0 Å². The summed E-state index contributed by atoms with van der Waals surface area (Å²) in [5, 5.41) is -0.797. The topological polar surface area (TPSA) is 9.23 Å². The van der Waals surface area contributed by atoms with Crippen LogP contribution in [0.15, 0.2) is 0 Å². The largest absolute Gasteiger partial charge is 0.410 e. The van der Waals surface area contributed by atoms with Crippen molar-refractivity contribution in [3.05, 3.63) is 29.1 Å². The van der Waals surface area contributed by atoms with Gasteiger partial charge in [0.25, 0.3) is 0 Å². The van der Waals surface area contributed by atoms with Crippen molar-refractivity contribution in [2.45, 2.75) is 65.1 Å². The van der Waals surface area contributed by atoms with Gasteiger partial charge in [0, 0.05) is 11.3 Å². The molecule has 0 heterocycles. The molecule has 0 saturated heterocycles. The minimum Gasteiger partial charge on any atom is -0.410 e. The second-order valence-corrected chi connectivity index (χ2v) is 9.99. The maximum Gasteiger partial charge on any atom is 0.225 e. The third kappa shape index (κ3) is 4.76. The van der Waals surface area contributed by atoms with Crippen LogP contribution in [0.25, 0.3) is 0 Å². The van der Waals surface area contributed by atoms with E-state index < -0.39 is 42.6 Å². The highest BCUT2D eigenvalue weighted by Gasteiger charge is 2.38. The van der Waals surface area contributed by atoms with E-state index in [1.807, 2.05) is 0 Å². The molecule has 1 unspecified atom stereocenters. The number of rotatable bonds is 8. The van der Waals surface area contributed by atoms with Crippen LogP contribution in [-0.4, -0.2) is 14.4 Å². The molecule has 0 aliphatic heterocycles. The Morgan fingerprint density at radius 3 is 1.78 bits per heavy atom. The summed E-state index contributed by atoms with van der Waals surface area (Å²) in [6.07, 6.45) is 4.48. The Bertz CT molecular complexity index is 519. The average molecular weight is 354 g/mol. The van der Waals surface area contributed by atoms with Crippen LogP contribution in [-0.2, 0) is 4.43 Å². The summed E-state index contributed by atoms with van der Waals surface area (Å²) in [5.74, 6) is -9.54. The van der Waals surface area contributed by atoms with Crippen LogP contribution in [0.2, 0.25) is 13.1 Å². The Hall–Kier alpha value is -0.953. The second-order valence-electron chi connectivity index (χ2n) is 6.23. The van der Waals surface area contributed by atoms with Crippen molar-refractivity contribution in [2.75, 3.05) is 0 Å². The van der Waals surface area contributed by atoms with Crippen molar-refractivity contribution >= 4 is 13.5 Å². The summed E-state index contributed by atoms with van der Waals surface area (Å²) in [4.78, 5) is 0. The molecule has 23 heavy (non-hydrogen) atoms. The standard InChI is InChI=1S/C16H23F5OSi/c1-5-6-7-8-9-10(2)22-23(3,4)16-14(20)12(18)11(17)13(19)15(16)21/h10H,5-9H2,1-4H3. The summed E-state index contributed by atoms with van der Waals surface area (Å²) in [7, 11) is -3.28. The predicted molar refractivity (Wildman–Crippen MR) is 82.7 cm³/mol. The van der Waals surface area contributed by atoms with Gasteiger partial charge in [0.05, 0.1) is 0 Å². The Labute approximate surface area is 135 Å². The molecule has 1 nitrogen and oxygen atoms in total. The second kappa shape index (κ2) is 8.24. The molecular formula is C16H23F5OSi. The van der Waals surface area contributed by atoms with Gasteiger partial charge in [-0.25, -0.2) is 22.0 Å². The van der Waals surface area contributed by atoms with Crippen molar-refractivity contribution in [1.82, 2.24) is 0 Å². The van der Waals surface area contributed by atoms with E-state index in [4.69, 9.17) is 4.43 Å². The van der Waals surface area contributed by atoms with Crippen molar-refractivity contribution in [2.24, 2.45) is 0 Å². The SMILES string of the molecule is CCCCCCC(C)O[Si](C)(C)c1c(F)c(F)c(F)c(F)c1F. The first kappa shape index (κ1) is 20.1. The van der Waals surface area contributed by atoms with Gasteiger partial charge in [0.2, 0.25) is 14.1 Å². The van der Waals surface area contributed by atoms with E-state index in [1.165, 1.54) is 13.1 Å². The quantitative estimate of drug-likeness (QED) is 0.206. The molecule has 1 rings (SSSR count). The fraction of sp³-hybridized carbons (Fsp3) is 0.625. The van der Waals surface area contributed by atoms with Crippen molar-refractivity contribution < 1.29 is 26.4 Å². The smallest absolute Gasteiger partial charge is 0.225 e. The molecule has 1 aromatic rings. The summed E-state index contributed by atoms with van der Waals surface area (Å²) in [6, 6.07) is 0. The number of halogens is 5. The van der Waals surface area contributed by atoms with Crippen LogP contribution in [0, 0.1) is 29.1 Å². The van der Waals surface area contributed by atoms with Gasteiger partial charge in [0.15, 0.2) is 23.3 Å². The lowest BCUT2D eigenvalue weighted by atomic mass is 10.1. The van der Waals surface area contributed by atoms with Gasteiger partial charge in [-0.2, -0.15) is 0 Å². The zero-order chi connectivity index (χ0) is 17.8. The lowest BCUT2D eigenvalue weighted by Crippen LogP contribution is -2.51. The molecular weight excluding hydrogens is 331 g/mol. The van der Waals surface area contributed by atoms with E-state index in [-0.39, 0.29) is 6.10 Å². The lowest BCUT2D eigenvalue weighted by molar-refractivity contribution is 0.200. The summed E-state index contributed by atoms with van der Waals surface area (Å²) >= 11 is 0. The monoisotopic (exact) mass is 354 g/mol. The molecule has 0 N–H and O–H groups in total. The number of hydrogen-bond acceptors (Lipinski definition) is 1. The van der Waals surface area contributed by atoms with Crippen molar-refractivity contribution in [3.8, 4) is 0 Å². The number of benzene rings is 1. The summed E-state index contributed by atoms with van der Waals surface area (Å²) in [6.45, 7) is 6.72. The molecule has 7 heteroatoms. The Morgan fingerprint density at radius 1 is 0.826 bits per heavy atom. The molecule has 0 amide bonds. The van der Waals surface area contributed by atoms with Gasteiger partial charge in [-0.3, -0.25) is 0 Å². The fourth-order valence-electron chi connectivity index (χ4n) is 2.61. The highest BCUT2D eigenvalue weighted by Crippen LogP contribution is 2.22. The summed E-state index contributed by atoms with van der Waals surface area (Å²) in [5.41, 5.74) is 0. The molecule has 0 fully saturated rings. The Morgan fingerprint density at radius 2 is 1.30 bits per heavy atom. The van der Waals surface area contributed by atoms with Crippen LogP contribution in [0.1, 0.15) is 46.0 Å². The normalized spacial score (nSPS) is 13.4. The van der Waals surface area contributed by atoms with Gasteiger partial charge in [-0.1, -0.05) is 32.6 Å². The van der Waals surface area contributed by atoms with E-state index in [1.54, 1.807) is 6.92 Å². The molecule has 0 aromatic heterocycles. The minimum atomic E-state index is -3.28. The molecule has 1 aromatic carbocycles. The molecule has 132 valence electrons. The lowest BCUT2D eigenvalue weighted by Gasteiger charge is -2.28. The van der Waals surface area contributed by atoms with E-state index in [0.717, 1.165) is 25.7 Å². The van der Waals surface area contributed by atoms with Gasteiger partial charge >= 0.3 is 0 Å².